The Balaban J connectivity index is 2.11. The van der Waals surface area contributed by atoms with E-state index in [1.165, 1.54) is 12.8 Å². The van der Waals surface area contributed by atoms with Gasteiger partial charge in [0.2, 0.25) is 0 Å². The lowest BCUT2D eigenvalue weighted by Gasteiger charge is -2.26. The standard InChI is InChI=1S/C16H21N3O/c1-16(2)10-6-9-13(16)15-18-17-14(11-20)19(15)12-7-4-3-5-8-12/h3-5,7-8,13,20H,6,9-11H2,1-2H3. The van der Waals surface area contributed by atoms with Crippen LogP contribution in [-0.4, -0.2) is 19.9 Å². The summed E-state index contributed by atoms with van der Waals surface area (Å²) in [6.45, 7) is 4.51. The number of rotatable bonds is 3. The minimum Gasteiger partial charge on any atom is -0.388 e. The second-order valence-corrected chi connectivity index (χ2v) is 6.24. The zero-order valence-corrected chi connectivity index (χ0v) is 12.1. The Morgan fingerprint density at radius 2 is 2.00 bits per heavy atom. The monoisotopic (exact) mass is 271 g/mol. The SMILES string of the molecule is CC1(C)CCCC1c1nnc(CO)n1-c1ccccc1. The number of nitrogens with zero attached hydrogens (tertiary/aromatic N) is 3. The summed E-state index contributed by atoms with van der Waals surface area (Å²) in [5, 5.41) is 18.1. The molecule has 1 aliphatic rings. The van der Waals surface area contributed by atoms with Crippen molar-refractivity contribution >= 4 is 0 Å². The molecule has 1 heterocycles. The molecule has 3 rings (SSSR count). The molecule has 2 aromatic rings. The highest BCUT2D eigenvalue weighted by Gasteiger charge is 2.39. The van der Waals surface area contributed by atoms with Crippen LogP contribution in [0.4, 0.5) is 0 Å². The fourth-order valence-electron chi connectivity index (χ4n) is 3.32. The van der Waals surface area contributed by atoms with Crippen molar-refractivity contribution in [1.82, 2.24) is 14.8 Å². The molecule has 106 valence electrons. The van der Waals surface area contributed by atoms with Crippen LogP contribution in [0.3, 0.4) is 0 Å². The molecule has 4 heteroatoms. The van der Waals surface area contributed by atoms with Gasteiger partial charge in [0.25, 0.3) is 0 Å². The van der Waals surface area contributed by atoms with Gasteiger partial charge in [-0.25, -0.2) is 0 Å². The maximum Gasteiger partial charge on any atom is 0.163 e. The maximum atomic E-state index is 9.54. The quantitative estimate of drug-likeness (QED) is 0.933. The van der Waals surface area contributed by atoms with E-state index in [-0.39, 0.29) is 12.0 Å². The fraction of sp³-hybridized carbons (Fsp3) is 0.500. The predicted octanol–water partition coefficient (Wildman–Crippen LogP) is 3.05. The van der Waals surface area contributed by atoms with E-state index in [0.29, 0.717) is 11.7 Å². The van der Waals surface area contributed by atoms with Crippen molar-refractivity contribution in [3.05, 3.63) is 42.0 Å². The molecule has 1 saturated carbocycles. The van der Waals surface area contributed by atoms with Crippen LogP contribution in [0.2, 0.25) is 0 Å². The summed E-state index contributed by atoms with van der Waals surface area (Å²) in [4.78, 5) is 0. The number of benzene rings is 1. The molecule has 0 amide bonds. The molecule has 1 atom stereocenters. The first-order valence-corrected chi connectivity index (χ1v) is 7.24. The van der Waals surface area contributed by atoms with Gasteiger partial charge in [-0.1, -0.05) is 38.5 Å². The van der Waals surface area contributed by atoms with Crippen LogP contribution in [0.1, 0.15) is 50.7 Å². The minimum absolute atomic E-state index is 0.0883. The van der Waals surface area contributed by atoms with E-state index in [1.807, 2.05) is 34.9 Å². The molecule has 4 nitrogen and oxygen atoms in total. The highest BCUT2D eigenvalue weighted by molar-refractivity contribution is 5.35. The smallest absolute Gasteiger partial charge is 0.163 e. The van der Waals surface area contributed by atoms with Crippen molar-refractivity contribution in [3.8, 4) is 5.69 Å². The number of aromatic nitrogens is 3. The third-order valence-electron chi connectivity index (χ3n) is 4.48. The van der Waals surface area contributed by atoms with Crippen LogP contribution in [-0.2, 0) is 6.61 Å². The topological polar surface area (TPSA) is 50.9 Å². The molecule has 0 radical (unpaired) electrons. The summed E-state index contributed by atoms with van der Waals surface area (Å²) in [6, 6.07) is 10.1. The molecular weight excluding hydrogens is 250 g/mol. The highest BCUT2D eigenvalue weighted by Crippen LogP contribution is 2.48. The third-order valence-corrected chi connectivity index (χ3v) is 4.48. The maximum absolute atomic E-state index is 9.54. The molecule has 1 aromatic heterocycles. The first-order valence-electron chi connectivity index (χ1n) is 7.24. The van der Waals surface area contributed by atoms with Gasteiger partial charge < -0.3 is 5.11 Å². The van der Waals surface area contributed by atoms with E-state index >= 15 is 0 Å². The van der Waals surface area contributed by atoms with E-state index in [1.54, 1.807) is 0 Å². The average Bonchev–Trinajstić information content (AvgIpc) is 3.01. The normalized spacial score (nSPS) is 21.2. The highest BCUT2D eigenvalue weighted by atomic mass is 16.3. The number of hydrogen-bond acceptors (Lipinski definition) is 3. The lowest BCUT2D eigenvalue weighted by atomic mass is 9.81. The molecule has 1 aromatic carbocycles. The molecule has 1 fully saturated rings. The number of aliphatic hydroxyl groups is 1. The van der Waals surface area contributed by atoms with Gasteiger partial charge in [-0.15, -0.1) is 10.2 Å². The van der Waals surface area contributed by atoms with Crippen LogP contribution in [0.15, 0.2) is 30.3 Å². The summed E-state index contributed by atoms with van der Waals surface area (Å²) < 4.78 is 2.03. The zero-order chi connectivity index (χ0) is 14.2. The molecule has 0 bridgehead atoms. The van der Waals surface area contributed by atoms with Crippen molar-refractivity contribution in [2.75, 3.05) is 0 Å². The Bertz CT molecular complexity index is 589. The van der Waals surface area contributed by atoms with Gasteiger partial charge in [-0.05, 0) is 30.4 Å². The molecule has 0 spiro atoms. The van der Waals surface area contributed by atoms with Gasteiger partial charge >= 0.3 is 0 Å². The molecule has 1 unspecified atom stereocenters. The van der Waals surface area contributed by atoms with Crippen LogP contribution in [0.5, 0.6) is 0 Å². The molecular formula is C16H21N3O. The van der Waals surface area contributed by atoms with Crippen LogP contribution in [0, 0.1) is 5.41 Å². The lowest BCUT2D eigenvalue weighted by molar-refractivity contribution is 0.267. The van der Waals surface area contributed by atoms with Crippen LogP contribution >= 0.6 is 0 Å². The summed E-state index contributed by atoms with van der Waals surface area (Å²) in [6.07, 6.45) is 3.59. The van der Waals surface area contributed by atoms with E-state index in [4.69, 9.17) is 0 Å². The Morgan fingerprint density at radius 1 is 1.25 bits per heavy atom. The number of aliphatic hydroxyl groups excluding tert-OH is 1. The van der Waals surface area contributed by atoms with Crippen molar-refractivity contribution < 1.29 is 5.11 Å². The number of hydrogen-bond donors (Lipinski definition) is 1. The molecule has 1 aliphatic carbocycles. The third kappa shape index (κ3) is 2.14. The van der Waals surface area contributed by atoms with Gasteiger partial charge in [0, 0.05) is 11.6 Å². The van der Waals surface area contributed by atoms with Gasteiger partial charge in [0.05, 0.1) is 0 Å². The van der Waals surface area contributed by atoms with E-state index in [9.17, 15) is 5.11 Å². The number of para-hydroxylation sites is 1. The van der Waals surface area contributed by atoms with Crippen molar-refractivity contribution in [2.24, 2.45) is 5.41 Å². The van der Waals surface area contributed by atoms with Gasteiger partial charge in [-0.2, -0.15) is 0 Å². The minimum atomic E-state index is -0.0883. The Hall–Kier alpha value is -1.68. The molecule has 20 heavy (non-hydrogen) atoms. The van der Waals surface area contributed by atoms with Crippen LogP contribution in [0.25, 0.3) is 5.69 Å². The molecule has 0 aliphatic heterocycles. The van der Waals surface area contributed by atoms with Gasteiger partial charge in [-0.3, -0.25) is 4.57 Å². The van der Waals surface area contributed by atoms with E-state index in [0.717, 1.165) is 17.9 Å². The Kier molecular flexibility index (Phi) is 3.34. The fourth-order valence-corrected chi connectivity index (χ4v) is 3.32. The molecule has 0 saturated heterocycles. The molecule has 1 N–H and O–H groups in total. The largest absolute Gasteiger partial charge is 0.388 e. The summed E-state index contributed by atoms with van der Waals surface area (Å²) in [5.41, 5.74) is 1.27. The summed E-state index contributed by atoms with van der Waals surface area (Å²) >= 11 is 0. The van der Waals surface area contributed by atoms with Crippen molar-refractivity contribution in [2.45, 2.75) is 45.6 Å². The summed E-state index contributed by atoms with van der Waals surface area (Å²) in [5.74, 6) is 2.01. The van der Waals surface area contributed by atoms with E-state index in [2.05, 4.69) is 24.0 Å². The predicted molar refractivity (Wildman–Crippen MR) is 77.7 cm³/mol. The van der Waals surface area contributed by atoms with Gasteiger partial charge in [0.15, 0.2) is 5.82 Å². The van der Waals surface area contributed by atoms with E-state index < -0.39 is 0 Å². The second-order valence-electron chi connectivity index (χ2n) is 6.24. The Morgan fingerprint density at radius 3 is 2.60 bits per heavy atom. The van der Waals surface area contributed by atoms with Gasteiger partial charge in [0.1, 0.15) is 12.4 Å². The first kappa shape index (κ1) is 13.3. The zero-order valence-electron chi connectivity index (χ0n) is 12.1. The van der Waals surface area contributed by atoms with Crippen molar-refractivity contribution in [3.63, 3.8) is 0 Å². The van der Waals surface area contributed by atoms with Crippen molar-refractivity contribution in [1.29, 1.82) is 0 Å². The second kappa shape index (κ2) is 5.02. The van der Waals surface area contributed by atoms with Crippen LogP contribution < -0.4 is 0 Å². The first-order chi connectivity index (χ1) is 9.63. The summed E-state index contributed by atoms with van der Waals surface area (Å²) in [7, 11) is 0. The Labute approximate surface area is 119 Å². The lowest BCUT2D eigenvalue weighted by Crippen LogP contribution is -2.20. The average molecular weight is 271 g/mol.